The van der Waals surface area contributed by atoms with Gasteiger partial charge in [0, 0.05) is 5.69 Å². The van der Waals surface area contributed by atoms with Gasteiger partial charge < -0.3 is 13.9 Å². The van der Waals surface area contributed by atoms with Gasteiger partial charge in [0.2, 0.25) is 5.76 Å². The molecule has 0 saturated heterocycles. The standard InChI is InChI=1S/C32H33NO5/c1-6-36-24-12-10-23(11-13-24)33-29(22-8-7-9-25(18-22)37-15-14-19(2)3)28-30(34)26-16-20(4)21(5)17-27(26)38-31(28)32(33)35/h7-13,16-19,29H,6,14-15H2,1-5H3. The second-order valence-corrected chi connectivity index (χ2v) is 10.2. The first-order valence-corrected chi connectivity index (χ1v) is 13.2. The summed E-state index contributed by atoms with van der Waals surface area (Å²) in [4.78, 5) is 29.5. The summed E-state index contributed by atoms with van der Waals surface area (Å²) in [6, 6.07) is 18.0. The number of nitrogens with zero attached hydrogens (tertiary/aromatic N) is 1. The molecule has 3 aromatic carbocycles. The van der Waals surface area contributed by atoms with Gasteiger partial charge >= 0.3 is 0 Å². The van der Waals surface area contributed by atoms with Crippen LogP contribution in [0.1, 0.15) is 66.0 Å². The predicted molar refractivity (Wildman–Crippen MR) is 150 cm³/mol. The second kappa shape index (κ2) is 10.4. The molecule has 196 valence electrons. The van der Waals surface area contributed by atoms with Crippen molar-refractivity contribution in [3.8, 4) is 11.5 Å². The Bertz CT molecular complexity index is 1550. The Morgan fingerprint density at radius 3 is 2.37 bits per heavy atom. The Balaban J connectivity index is 1.67. The van der Waals surface area contributed by atoms with Gasteiger partial charge in [-0.25, -0.2) is 0 Å². The molecule has 0 fully saturated rings. The number of rotatable bonds is 8. The van der Waals surface area contributed by atoms with E-state index in [-0.39, 0.29) is 17.1 Å². The summed E-state index contributed by atoms with van der Waals surface area (Å²) in [5, 5.41) is 0.475. The Labute approximate surface area is 222 Å². The quantitative estimate of drug-likeness (QED) is 0.255. The number of aryl methyl sites for hydroxylation is 2. The summed E-state index contributed by atoms with van der Waals surface area (Å²) in [7, 11) is 0. The van der Waals surface area contributed by atoms with E-state index in [1.54, 1.807) is 4.90 Å². The molecule has 0 radical (unpaired) electrons. The highest BCUT2D eigenvalue weighted by molar-refractivity contribution is 6.10. The smallest absolute Gasteiger partial charge is 0.295 e. The van der Waals surface area contributed by atoms with Crippen molar-refractivity contribution in [3.63, 3.8) is 0 Å². The molecular formula is C32H33NO5. The molecule has 0 aliphatic carbocycles. The van der Waals surface area contributed by atoms with Gasteiger partial charge in [-0.15, -0.1) is 0 Å². The molecule has 0 saturated carbocycles. The maximum Gasteiger partial charge on any atom is 0.295 e. The SMILES string of the molecule is CCOc1ccc(N2C(=O)c3oc4cc(C)c(C)cc4c(=O)c3C2c2cccc(OCCC(C)C)c2)cc1. The first kappa shape index (κ1) is 25.6. The summed E-state index contributed by atoms with van der Waals surface area (Å²) in [5.41, 5.74) is 4.00. The van der Waals surface area contributed by atoms with Crippen molar-refractivity contribution in [1.82, 2.24) is 0 Å². The molecule has 1 aliphatic heterocycles. The average molecular weight is 512 g/mol. The van der Waals surface area contributed by atoms with Crippen LogP contribution in [0.25, 0.3) is 11.0 Å². The summed E-state index contributed by atoms with van der Waals surface area (Å²) >= 11 is 0. The van der Waals surface area contributed by atoms with E-state index in [1.807, 2.05) is 81.4 Å². The molecule has 5 rings (SSSR count). The number of hydrogen-bond donors (Lipinski definition) is 0. The highest BCUT2D eigenvalue weighted by Gasteiger charge is 2.43. The third-order valence-corrected chi connectivity index (χ3v) is 7.05. The van der Waals surface area contributed by atoms with Crippen molar-refractivity contribution in [3.05, 3.63) is 98.9 Å². The number of ether oxygens (including phenoxy) is 2. The fourth-order valence-corrected chi connectivity index (χ4v) is 4.87. The van der Waals surface area contributed by atoms with Crippen molar-refractivity contribution in [2.75, 3.05) is 18.1 Å². The highest BCUT2D eigenvalue weighted by Crippen LogP contribution is 2.42. The zero-order valence-electron chi connectivity index (χ0n) is 22.5. The zero-order valence-corrected chi connectivity index (χ0v) is 22.5. The molecule has 1 aromatic heterocycles. The minimum Gasteiger partial charge on any atom is -0.494 e. The van der Waals surface area contributed by atoms with Gasteiger partial charge in [0.15, 0.2) is 5.43 Å². The monoisotopic (exact) mass is 511 g/mol. The summed E-state index contributed by atoms with van der Waals surface area (Å²) in [5.74, 6) is 1.67. The van der Waals surface area contributed by atoms with Crippen LogP contribution in [-0.2, 0) is 0 Å². The van der Waals surface area contributed by atoms with Crippen molar-refractivity contribution >= 4 is 22.6 Å². The third kappa shape index (κ3) is 4.67. The molecule has 0 N–H and O–H groups in total. The van der Waals surface area contributed by atoms with Crippen LogP contribution in [0.4, 0.5) is 5.69 Å². The lowest BCUT2D eigenvalue weighted by Gasteiger charge is -2.26. The van der Waals surface area contributed by atoms with E-state index in [2.05, 4.69) is 13.8 Å². The first-order chi connectivity index (χ1) is 18.3. The number of carbonyl (C=O) groups excluding carboxylic acids is 1. The van der Waals surface area contributed by atoms with Crippen molar-refractivity contribution in [1.29, 1.82) is 0 Å². The number of fused-ring (bicyclic) bond motifs is 2. The predicted octanol–water partition coefficient (Wildman–Crippen LogP) is 6.98. The normalized spacial score (nSPS) is 14.8. The van der Waals surface area contributed by atoms with Gasteiger partial charge in [-0.3, -0.25) is 14.5 Å². The molecule has 2 heterocycles. The van der Waals surface area contributed by atoms with Crippen molar-refractivity contribution in [2.45, 2.75) is 47.1 Å². The minimum atomic E-state index is -0.661. The summed E-state index contributed by atoms with van der Waals surface area (Å²) in [6.45, 7) is 11.3. The maximum atomic E-state index is 14.0. The van der Waals surface area contributed by atoms with Crippen molar-refractivity contribution in [2.24, 2.45) is 5.92 Å². The second-order valence-electron chi connectivity index (χ2n) is 10.2. The van der Waals surface area contributed by atoms with Crippen LogP contribution < -0.4 is 19.8 Å². The van der Waals surface area contributed by atoms with Gasteiger partial charge in [-0.2, -0.15) is 0 Å². The molecule has 1 amide bonds. The largest absolute Gasteiger partial charge is 0.494 e. The lowest BCUT2D eigenvalue weighted by molar-refractivity contribution is 0.0971. The maximum absolute atomic E-state index is 14.0. The molecule has 1 aliphatic rings. The molecule has 0 spiro atoms. The van der Waals surface area contributed by atoms with E-state index in [0.29, 0.717) is 52.9 Å². The van der Waals surface area contributed by atoms with Crippen LogP contribution in [0.15, 0.2) is 69.9 Å². The highest BCUT2D eigenvalue weighted by atomic mass is 16.5. The Morgan fingerprint density at radius 2 is 1.66 bits per heavy atom. The summed E-state index contributed by atoms with van der Waals surface area (Å²) < 4.78 is 17.8. The topological polar surface area (TPSA) is 69.0 Å². The van der Waals surface area contributed by atoms with Gasteiger partial charge in [0.25, 0.3) is 5.91 Å². The Morgan fingerprint density at radius 1 is 0.921 bits per heavy atom. The third-order valence-electron chi connectivity index (χ3n) is 7.05. The number of amides is 1. The van der Waals surface area contributed by atoms with Crippen LogP contribution in [0.3, 0.4) is 0 Å². The molecule has 1 unspecified atom stereocenters. The van der Waals surface area contributed by atoms with Gasteiger partial charge in [-0.05, 0) is 98.3 Å². The van der Waals surface area contributed by atoms with E-state index < -0.39 is 6.04 Å². The zero-order chi connectivity index (χ0) is 27.0. The Hall–Kier alpha value is -4.06. The van der Waals surface area contributed by atoms with Crippen LogP contribution in [0.5, 0.6) is 11.5 Å². The molecule has 38 heavy (non-hydrogen) atoms. The lowest BCUT2D eigenvalue weighted by atomic mass is 9.97. The first-order valence-electron chi connectivity index (χ1n) is 13.2. The van der Waals surface area contributed by atoms with Crippen LogP contribution in [-0.4, -0.2) is 19.1 Å². The van der Waals surface area contributed by atoms with E-state index in [1.165, 1.54) is 0 Å². The average Bonchev–Trinajstić information content (AvgIpc) is 3.18. The minimum absolute atomic E-state index is 0.0794. The van der Waals surface area contributed by atoms with Gasteiger partial charge in [-0.1, -0.05) is 26.0 Å². The Kier molecular flexibility index (Phi) is 6.98. The lowest BCUT2D eigenvalue weighted by Crippen LogP contribution is -2.29. The van der Waals surface area contributed by atoms with Gasteiger partial charge in [0.1, 0.15) is 17.1 Å². The van der Waals surface area contributed by atoms with E-state index in [0.717, 1.165) is 23.1 Å². The van der Waals surface area contributed by atoms with Crippen LogP contribution in [0, 0.1) is 19.8 Å². The molecule has 1 atom stereocenters. The number of hydrogen-bond acceptors (Lipinski definition) is 5. The fraction of sp³-hybridized carbons (Fsp3) is 0.312. The van der Waals surface area contributed by atoms with E-state index >= 15 is 0 Å². The number of anilines is 1. The molecule has 6 nitrogen and oxygen atoms in total. The van der Waals surface area contributed by atoms with Crippen LogP contribution >= 0.6 is 0 Å². The van der Waals surface area contributed by atoms with E-state index in [9.17, 15) is 9.59 Å². The summed E-state index contributed by atoms with van der Waals surface area (Å²) in [6.07, 6.45) is 0.932. The van der Waals surface area contributed by atoms with Crippen molar-refractivity contribution < 1.29 is 18.7 Å². The van der Waals surface area contributed by atoms with E-state index in [4.69, 9.17) is 13.9 Å². The fourth-order valence-electron chi connectivity index (χ4n) is 4.87. The number of carbonyl (C=O) groups is 1. The molecular weight excluding hydrogens is 478 g/mol. The number of benzene rings is 3. The van der Waals surface area contributed by atoms with Crippen LogP contribution in [0.2, 0.25) is 0 Å². The molecule has 4 aromatic rings. The molecule has 0 bridgehead atoms. The van der Waals surface area contributed by atoms with Gasteiger partial charge in [0.05, 0.1) is 30.2 Å². The molecule has 6 heteroatoms.